The summed E-state index contributed by atoms with van der Waals surface area (Å²) < 4.78 is 14.0. The summed E-state index contributed by atoms with van der Waals surface area (Å²) in [6.45, 7) is 5.33. The predicted octanol–water partition coefficient (Wildman–Crippen LogP) is 1.71. The lowest BCUT2D eigenvalue weighted by atomic mass is 10.1. The molecule has 114 valence electrons. The maximum atomic E-state index is 13.3. The van der Waals surface area contributed by atoms with E-state index < -0.39 is 0 Å². The number of carbonyl (C=O) groups is 1. The zero-order chi connectivity index (χ0) is 14.8. The van der Waals surface area contributed by atoms with Gasteiger partial charge in [-0.25, -0.2) is 4.39 Å². The molecule has 0 spiro atoms. The normalized spacial score (nSPS) is 23.5. The van der Waals surface area contributed by atoms with E-state index >= 15 is 0 Å². The third-order valence-electron chi connectivity index (χ3n) is 4.31. The van der Waals surface area contributed by atoms with Gasteiger partial charge in [0.2, 0.25) is 0 Å². The van der Waals surface area contributed by atoms with Crippen molar-refractivity contribution in [1.82, 2.24) is 15.1 Å². The fraction of sp³-hybridized carbons (Fsp3) is 0.533. The standard InChI is InChI=1S/C15H19BrFN3O/c16-14-2-1-11(17)9-13(14)15(21)20-7-5-19(6-8-20)12-3-4-18-10-12/h1-2,9,12,18H,3-8,10H2. The molecule has 21 heavy (non-hydrogen) atoms. The second kappa shape index (κ2) is 6.42. The third kappa shape index (κ3) is 3.27. The Kier molecular flexibility index (Phi) is 4.57. The fourth-order valence-electron chi connectivity index (χ4n) is 3.07. The van der Waals surface area contributed by atoms with Gasteiger partial charge in [-0.1, -0.05) is 0 Å². The lowest BCUT2D eigenvalue weighted by Gasteiger charge is -2.37. The minimum Gasteiger partial charge on any atom is -0.336 e. The van der Waals surface area contributed by atoms with Crippen LogP contribution in [0.1, 0.15) is 16.8 Å². The molecule has 2 fully saturated rings. The van der Waals surface area contributed by atoms with E-state index in [1.165, 1.54) is 18.6 Å². The summed E-state index contributed by atoms with van der Waals surface area (Å²) in [4.78, 5) is 16.8. The van der Waals surface area contributed by atoms with Gasteiger partial charge in [0.15, 0.2) is 0 Å². The lowest BCUT2D eigenvalue weighted by molar-refractivity contribution is 0.0582. The topological polar surface area (TPSA) is 35.6 Å². The monoisotopic (exact) mass is 355 g/mol. The van der Waals surface area contributed by atoms with Crippen molar-refractivity contribution in [3.05, 3.63) is 34.1 Å². The average molecular weight is 356 g/mol. The summed E-state index contributed by atoms with van der Waals surface area (Å²) in [6, 6.07) is 4.84. The molecule has 2 aliphatic rings. The molecule has 0 bridgehead atoms. The van der Waals surface area contributed by atoms with Crippen LogP contribution in [0.2, 0.25) is 0 Å². The van der Waals surface area contributed by atoms with Crippen molar-refractivity contribution in [2.45, 2.75) is 12.5 Å². The molecule has 1 amide bonds. The SMILES string of the molecule is O=C(c1cc(F)ccc1Br)N1CCN(C2CCNC2)CC1. The Morgan fingerprint density at radius 1 is 1.29 bits per heavy atom. The highest BCUT2D eigenvalue weighted by Crippen LogP contribution is 2.21. The summed E-state index contributed by atoms with van der Waals surface area (Å²) in [6.07, 6.45) is 1.18. The number of nitrogens with zero attached hydrogens (tertiary/aromatic N) is 2. The van der Waals surface area contributed by atoms with Crippen molar-refractivity contribution < 1.29 is 9.18 Å². The van der Waals surface area contributed by atoms with Gasteiger partial charge in [0.25, 0.3) is 5.91 Å². The molecule has 0 aromatic heterocycles. The van der Waals surface area contributed by atoms with Crippen molar-refractivity contribution in [3.63, 3.8) is 0 Å². The molecule has 0 radical (unpaired) electrons. The van der Waals surface area contributed by atoms with E-state index in [-0.39, 0.29) is 11.7 Å². The fourth-order valence-corrected chi connectivity index (χ4v) is 3.49. The molecule has 2 heterocycles. The molecule has 1 aromatic carbocycles. The van der Waals surface area contributed by atoms with Crippen LogP contribution in [-0.2, 0) is 0 Å². The molecule has 1 N–H and O–H groups in total. The summed E-state index contributed by atoms with van der Waals surface area (Å²) >= 11 is 3.33. The number of hydrogen-bond donors (Lipinski definition) is 1. The van der Waals surface area contributed by atoms with Crippen molar-refractivity contribution in [2.75, 3.05) is 39.3 Å². The van der Waals surface area contributed by atoms with E-state index in [4.69, 9.17) is 0 Å². The molecule has 0 saturated carbocycles. The maximum Gasteiger partial charge on any atom is 0.255 e. The largest absolute Gasteiger partial charge is 0.336 e. The molecular formula is C15H19BrFN3O. The summed E-state index contributed by atoms with van der Waals surface area (Å²) in [5, 5.41) is 3.37. The minimum atomic E-state index is -0.378. The van der Waals surface area contributed by atoms with Crippen molar-refractivity contribution >= 4 is 21.8 Å². The number of piperazine rings is 1. The van der Waals surface area contributed by atoms with E-state index in [9.17, 15) is 9.18 Å². The van der Waals surface area contributed by atoms with E-state index in [1.54, 1.807) is 6.07 Å². The van der Waals surface area contributed by atoms with Crippen LogP contribution in [0.3, 0.4) is 0 Å². The number of halogens is 2. The molecule has 1 unspecified atom stereocenters. The van der Waals surface area contributed by atoms with Gasteiger partial charge in [-0.3, -0.25) is 9.69 Å². The van der Waals surface area contributed by atoms with Crippen LogP contribution in [-0.4, -0.2) is 61.0 Å². The van der Waals surface area contributed by atoms with Gasteiger partial charge in [0.1, 0.15) is 5.82 Å². The van der Waals surface area contributed by atoms with Gasteiger partial charge >= 0.3 is 0 Å². The summed E-state index contributed by atoms with van der Waals surface area (Å²) in [7, 11) is 0. The Balaban J connectivity index is 1.63. The third-order valence-corrected chi connectivity index (χ3v) is 5.00. The smallest absolute Gasteiger partial charge is 0.255 e. The van der Waals surface area contributed by atoms with E-state index in [1.807, 2.05) is 4.90 Å². The van der Waals surface area contributed by atoms with Gasteiger partial charge in [0.05, 0.1) is 5.56 Å². The first-order chi connectivity index (χ1) is 10.1. The zero-order valence-electron chi connectivity index (χ0n) is 11.8. The van der Waals surface area contributed by atoms with Crippen molar-refractivity contribution in [1.29, 1.82) is 0 Å². The van der Waals surface area contributed by atoms with E-state index in [0.717, 1.165) is 26.2 Å². The molecule has 2 aliphatic heterocycles. The Bertz CT molecular complexity index is 526. The maximum absolute atomic E-state index is 13.3. The Morgan fingerprint density at radius 3 is 2.71 bits per heavy atom. The van der Waals surface area contributed by atoms with Gasteiger partial charge in [-0.15, -0.1) is 0 Å². The van der Waals surface area contributed by atoms with Crippen molar-refractivity contribution in [2.24, 2.45) is 0 Å². The second-order valence-corrected chi connectivity index (χ2v) is 6.45. The first-order valence-electron chi connectivity index (χ1n) is 7.34. The van der Waals surface area contributed by atoms with Gasteiger partial charge in [0, 0.05) is 43.2 Å². The van der Waals surface area contributed by atoms with Crippen LogP contribution in [0, 0.1) is 5.82 Å². The molecule has 1 atom stereocenters. The summed E-state index contributed by atoms with van der Waals surface area (Å²) in [5.41, 5.74) is 0.408. The predicted molar refractivity (Wildman–Crippen MR) is 82.9 cm³/mol. The Labute approximate surface area is 132 Å². The van der Waals surface area contributed by atoms with Crippen LogP contribution >= 0.6 is 15.9 Å². The zero-order valence-corrected chi connectivity index (χ0v) is 13.4. The van der Waals surface area contributed by atoms with Crippen LogP contribution < -0.4 is 5.32 Å². The molecule has 4 nitrogen and oxygen atoms in total. The van der Waals surface area contributed by atoms with Gasteiger partial charge in [-0.2, -0.15) is 0 Å². The second-order valence-electron chi connectivity index (χ2n) is 5.60. The number of amides is 1. The number of carbonyl (C=O) groups excluding carboxylic acids is 1. The highest BCUT2D eigenvalue weighted by molar-refractivity contribution is 9.10. The van der Waals surface area contributed by atoms with Crippen LogP contribution in [0.4, 0.5) is 4.39 Å². The van der Waals surface area contributed by atoms with Crippen LogP contribution in [0.15, 0.2) is 22.7 Å². The van der Waals surface area contributed by atoms with E-state index in [2.05, 4.69) is 26.1 Å². The molecule has 0 aliphatic carbocycles. The van der Waals surface area contributed by atoms with Gasteiger partial charge < -0.3 is 10.2 Å². The molecule has 6 heteroatoms. The van der Waals surface area contributed by atoms with E-state index in [0.29, 0.717) is 29.2 Å². The molecule has 3 rings (SSSR count). The summed E-state index contributed by atoms with van der Waals surface area (Å²) in [5.74, 6) is -0.470. The molecule has 1 aromatic rings. The quantitative estimate of drug-likeness (QED) is 0.877. The highest BCUT2D eigenvalue weighted by atomic mass is 79.9. The first-order valence-corrected chi connectivity index (χ1v) is 8.13. The molecular weight excluding hydrogens is 337 g/mol. The van der Waals surface area contributed by atoms with Crippen LogP contribution in [0.25, 0.3) is 0 Å². The average Bonchev–Trinajstić information content (AvgIpc) is 3.03. The number of benzene rings is 1. The van der Waals surface area contributed by atoms with Crippen molar-refractivity contribution in [3.8, 4) is 0 Å². The minimum absolute atomic E-state index is 0.0921. The Morgan fingerprint density at radius 2 is 2.05 bits per heavy atom. The molecule has 2 saturated heterocycles. The first kappa shape index (κ1) is 14.9. The van der Waals surface area contributed by atoms with Gasteiger partial charge in [-0.05, 0) is 47.1 Å². The number of nitrogens with one attached hydrogen (secondary N) is 1. The number of rotatable bonds is 2. The Hall–Kier alpha value is -0.980. The van der Waals surface area contributed by atoms with Crippen LogP contribution in [0.5, 0.6) is 0 Å². The number of hydrogen-bond acceptors (Lipinski definition) is 3. The highest BCUT2D eigenvalue weighted by Gasteiger charge is 2.28. The lowest BCUT2D eigenvalue weighted by Crippen LogP contribution is -2.52.